The van der Waals surface area contributed by atoms with Gasteiger partial charge < -0.3 is 10.2 Å². The molecule has 0 radical (unpaired) electrons. The van der Waals surface area contributed by atoms with E-state index in [1.807, 2.05) is 19.1 Å². The molecule has 0 spiro atoms. The Bertz CT molecular complexity index is 1340. The predicted octanol–water partition coefficient (Wildman–Crippen LogP) is 9.99. The maximum absolute atomic E-state index is 10.1. The van der Waals surface area contributed by atoms with Gasteiger partial charge in [-0.2, -0.15) is 0 Å². The lowest BCUT2D eigenvalue weighted by Crippen LogP contribution is -2.28. The molecule has 0 heterocycles. The van der Waals surface area contributed by atoms with E-state index in [1.165, 1.54) is 33.4 Å². The lowest BCUT2D eigenvalue weighted by molar-refractivity contribution is 0.116. The summed E-state index contributed by atoms with van der Waals surface area (Å²) in [6.07, 6.45) is 27.8. The van der Waals surface area contributed by atoms with Crippen LogP contribution >= 0.6 is 0 Å². The Morgan fingerprint density at radius 2 is 1.14 bits per heavy atom. The van der Waals surface area contributed by atoms with Crippen LogP contribution in [0.4, 0.5) is 0 Å². The molecule has 0 saturated heterocycles. The first-order valence-corrected chi connectivity index (χ1v) is 15.3. The number of rotatable bonds is 8. The second-order valence-corrected chi connectivity index (χ2v) is 13.5. The van der Waals surface area contributed by atoms with Crippen LogP contribution < -0.4 is 0 Å². The second-order valence-electron chi connectivity index (χ2n) is 13.5. The minimum absolute atomic E-state index is 0.00283. The average Bonchev–Trinajstić information content (AvgIpc) is 2.84. The molecule has 42 heavy (non-hydrogen) atoms. The van der Waals surface area contributed by atoms with Crippen LogP contribution in [0.15, 0.2) is 117 Å². The van der Waals surface area contributed by atoms with Gasteiger partial charge in [-0.25, -0.2) is 0 Å². The molecule has 0 aromatic rings. The van der Waals surface area contributed by atoms with Gasteiger partial charge in [-0.1, -0.05) is 140 Å². The summed E-state index contributed by atoms with van der Waals surface area (Å²) in [5, 5.41) is 20.2. The minimum Gasteiger partial charge on any atom is -0.393 e. The van der Waals surface area contributed by atoms with Crippen molar-refractivity contribution in [3.63, 3.8) is 0 Å². The van der Waals surface area contributed by atoms with E-state index in [9.17, 15) is 10.2 Å². The monoisotopic (exact) mass is 566 g/mol. The molecular formula is C40H54O2. The first-order chi connectivity index (χ1) is 19.6. The number of aliphatic hydroxyl groups excluding tert-OH is 2. The molecular weight excluding hydrogens is 512 g/mol. The van der Waals surface area contributed by atoms with Crippen molar-refractivity contribution >= 4 is 0 Å². The summed E-state index contributed by atoms with van der Waals surface area (Å²) in [5.41, 5.74) is 9.48. The van der Waals surface area contributed by atoms with Crippen molar-refractivity contribution in [3.8, 4) is 11.8 Å². The van der Waals surface area contributed by atoms with Gasteiger partial charge in [-0.15, -0.1) is 0 Å². The molecule has 0 saturated carbocycles. The molecule has 226 valence electrons. The first kappa shape index (κ1) is 35.1. The normalized spacial score (nSPS) is 24.5. The van der Waals surface area contributed by atoms with E-state index in [4.69, 9.17) is 0 Å². The van der Waals surface area contributed by atoms with Gasteiger partial charge in [0.2, 0.25) is 0 Å². The molecule has 2 N–H and O–H groups in total. The highest BCUT2D eigenvalue weighted by molar-refractivity contribution is 5.45. The highest BCUT2D eigenvalue weighted by atomic mass is 16.3. The Labute approximate surface area is 257 Å². The molecule has 0 aromatic carbocycles. The van der Waals surface area contributed by atoms with Gasteiger partial charge in [0.25, 0.3) is 0 Å². The van der Waals surface area contributed by atoms with Gasteiger partial charge >= 0.3 is 0 Å². The summed E-state index contributed by atoms with van der Waals surface area (Å²) < 4.78 is 0. The Hall–Kier alpha value is -3.12. The van der Waals surface area contributed by atoms with E-state index < -0.39 is 0 Å². The summed E-state index contributed by atoms with van der Waals surface area (Å²) in [6.45, 7) is 21.3. The first-order valence-electron chi connectivity index (χ1n) is 15.3. The van der Waals surface area contributed by atoms with Crippen molar-refractivity contribution in [3.05, 3.63) is 117 Å². The van der Waals surface area contributed by atoms with E-state index in [0.717, 1.165) is 36.8 Å². The summed E-state index contributed by atoms with van der Waals surface area (Å²) in [6, 6.07) is 0. The predicted molar refractivity (Wildman–Crippen MR) is 183 cm³/mol. The molecule has 2 unspecified atom stereocenters. The van der Waals surface area contributed by atoms with Crippen molar-refractivity contribution in [2.75, 3.05) is 0 Å². The van der Waals surface area contributed by atoms with Crippen molar-refractivity contribution < 1.29 is 10.2 Å². The van der Waals surface area contributed by atoms with Crippen molar-refractivity contribution in [2.24, 2.45) is 10.8 Å². The highest BCUT2D eigenvalue weighted by Crippen LogP contribution is 2.41. The maximum atomic E-state index is 10.1. The van der Waals surface area contributed by atoms with E-state index in [0.29, 0.717) is 0 Å². The van der Waals surface area contributed by atoms with Gasteiger partial charge in [-0.3, -0.25) is 0 Å². The van der Waals surface area contributed by atoms with E-state index in [-0.39, 0.29) is 23.0 Å². The van der Waals surface area contributed by atoms with Crippen LogP contribution in [0.3, 0.4) is 0 Å². The maximum Gasteiger partial charge on any atom is 0.0586 e. The largest absolute Gasteiger partial charge is 0.393 e. The van der Waals surface area contributed by atoms with Crippen molar-refractivity contribution in [1.82, 2.24) is 0 Å². The third-order valence-electron chi connectivity index (χ3n) is 8.02. The van der Waals surface area contributed by atoms with Gasteiger partial charge in [0.1, 0.15) is 0 Å². The molecule has 2 aliphatic carbocycles. The number of hydrogen-bond acceptors (Lipinski definition) is 2. The smallest absolute Gasteiger partial charge is 0.0586 e. The Morgan fingerprint density at radius 3 is 1.69 bits per heavy atom. The average molecular weight is 567 g/mol. The van der Waals surface area contributed by atoms with Crippen LogP contribution in [0.25, 0.3) is 0 Å². The van der Waals surface area contributed by atoms with Gasteiger partial charge in [0, 0.05) is 11.0 Å². The second kappa shape index (κ2) is 15.9. The van der Waals surface area contributed by atoms with Gasteiger partial charge in [0.05, 0.1) is 12.2 Å². The van der Waals surface area contributed by atoms with Crippen LogP contribution in [-0.2, 0) is 0 Å². The molecule has 2 aliphatic rings. The highest BCUT2D eigenvalue weighted by Gasteiger charge is 2.32. The van der Waals surface area contributed by atoms with Crippen LogP contribution in [0.1, 0.15) is 94.9 Å². The van der Waals surface area contributed by atoms with E-state index in [2.05, 4.69) is 135 Å². The molecule has 0 amide bonds. The molecule has 2 heteroatoms. The lowest BCUT2D eigenvalue weighted by atomic mass is 9.71. The molecule has 0 fully saturated rings. The summed E-state index contributed by atoms with van der Waals surface area (Å²) in [4.78, 5) is 0. The molecule has 0 aliphatic heterocycles. The number of aliphatic hydroxyl groups is 2. The summed E-state index contributed by atoms with van der Waals surface area (Å²) >= 11 is 0. The Morgan fingerprint density at radius 1 is 0.667 bits per heavy atom. The standard InChI is InChI=1S/C40H54O2/c1-29(17-13-19-31(3)21-23-37-33(5)25-35(41)27-39(37,7)8)15-11-12-16-30(2)18-14-20-32(4)22-24-38-34(6)26-36(42)28-40(38,9)10/h11-21,23,35-36,41-42H,25-28H2,1-10H3/b12-11+,17-13?,18-14+,23-21?,29-15?,30-16+,31-19?,32-20+. The quantitative estimate of drug-likeness (QED) is 0.227. The third kappa shape index (κ3) is 11.6. The Balaban J connectivity index is 1.92. The van der Waals surface area contributed by atoms with Crippen LogP contribution in [0.2, 0.25) is 0 Å². The fraction of sp³-hybridized carbons (Fsp3) is 0.450. The molecule has 2 nitrogen and oxygen atoms in total. The van der Waals surface area contributed by atoms with E-state index in [1.54, 1.807) is 0 Å². The summed E-state index contributed by atoms with van der Waals surface area (Å²) in [7, 11) is 0. The van der Waals surface area contributed by atoms with Crippen molar-refractivity contribution in [2.45, 2.75) is 107 Å². The zero-order valence-corrected chi connectivity index (χ0v) is 27.8. The SMILES string of the molecule is CC(C=CC1=C(C)CC(O)CC1(C)C)=CC=CC(C)=C/C=C/C=C(C)/C=C/C=C(\C)C#CC1=C(C)CC(O)CC1(C)C. The molecule has 0 bridgehead atoms. The summed E-state index contributed by atoms with van der Waals surface area (Å²) in [5.74, 6) is 6.68. The van der Waals surface area contributed by atoms with Gasteiger partial charge in [-0.05, 0) is 83.8 Å². The lowest BCUT2D eigenvalue weighted by Gasteiger charge is -2.35. The van der Waals surface area contributed by atoms with Crippen LogP contribution in [0.5, 0.6) is 0 Å². The molecule has 2 rings (SSSR count). The third-order valence-corrected chi connectivity index (χ3v) is 8.02. The van der Waals surface area contributed by atoms with Gasteiger partial charge in [0.15, 0.2) is 0 Å². The fourth-order valence-corrected chi connectivity index (χ4v) is 5.95. The van der Waals surface area contributed by atoms with Crippen LogP contribution in [0, 0.1) is 22.7 Å². The number of allylic oxidation sites excluding steroid dienone is 18. The van der Waals surface area contributed by atoms with E-state index >= 15 is 0 Å². The van der Waals surface area contributed by atoms with Crippen molar-refractivity contribution in [1.29, 1.82) is 0 Å². The Kier molecular flexibility index (Phi) is 13.3. The molecule has 2 atom stereocenters. The zero-order chi connectivity index (χ0) is 31.5. The number of hydrogen-bond donors (Lipinski definition) is 2. The van der Waals surface area contributed by atoms with Crippen LogP contribution in [-0.4, -0.2) is 22.4 Å². The molecule has 0 aromatic heterocycles. The topological polar surface area (TPSA) is 40.5 Å². The fourth-order valence-electron chi connectivity index (χ4n) is 5.95. The zero-order valence-electron chi connectivity index (χ0n) is 27.8. The minimum atomic E-state index is -0.260.